The molecule has 4 rings (SSSR count). The Balaban J connectivity index is 1.76. The highest BCUT2D eigenvalue weighted by Crippen LogP contribution is 2.40. The minimum atomic E-state index is -0.00729. The van der Waals surface area contributed by atoms with E-state index in [1.165, 1.54) is 5.56 Å². The Morgan fingerprint density at radius 2 is 1.85 bits per heavy atom. The van der Waals surface area contributed by atoms with Crippen LogP contribution < -0.4 is 10.2 Å². The number of aromatic amines is 1. The third-order valence-corrected chi connectivity index (χ3v) is 5.19. The molecule has 1 aromatic carbocycles. The highest BCUT2D eigenvalue weighted by Gasteiger charge is 2.41. The van der Waals surface area contributed by atoms with Gasteiger partial charge in [-0.3, -0.25) is 4.98 Å². The van der Waals surface area contributed by atoms with Crippen LogP contribution in [0, 0.1) is 0 Å². The summed E-state index contributed by atoms with van der Waals surface area (Å²) in [5, 5.41) is 4.19. The lowest BCUT2D eigenvalue weighted by molar-refractivity contribution is 0.558. The number of hydrogen-bond donors (Lipinski definition) is 2. The zero-order valence-corrected chi connectivity index (χ0v) is 15.7. The maximum atomic E-state index is 5.71. The minimum Gasteiger partial charge on any atom is -0.363 e. The lowest BCUT2D eigenvalue weighted by atomic mass is 10.00. The third kappa shape index (κ3) is 2.99. The van der Waals surface area contributed by atoms with Gasteiger partial charge in [0.15, 0.2) is 5.11 Å². The van der Waals surface area contributed by atoms with Crippen molar-refractivity contribution in [2.75, 3.05) is 4.90 Å². The van der Waals surface area contributed by atoms with Crippen molar-refractivity contribution in [2.24, 2.45) is 0 Å². The van der Waals surface area contributed by atoms with Crippen LogP contribution >= 0.6 is 12.2 Å². The number of rotatable bonds is 4. The van der Waals surface area contributed by atoms with E-state index >= 15 is 0 Å². The normalized spacial score (nSPS) is 19.8. The summed E-state index contributed by atoms with van der Waals surface area (Å²) in [4.78, 5) is 10.1. The molecule has 2 atom stereocenters. The van der Waals surface area contributed by atoms with E-state index in [0.29, 0.717) is 5.92 Å². The second-order valence-corrected chi connectivity index (χ2v) is 7.25. The Bertz CT molecular complexity index is 872. The lowest BCUT2D eigenvalue weighted by Crippen LogP contribution is -2.29. The van der Waals surface area contributed by atoms with Crippen molar-refractivity contribution in [3.05, 3.63) is 83.9 Å². The quantitative estimate of drug-likeness (QED) is 0.660. The zero-order chi connectivity index (χ0) is 18.1. The Kier molecular flexibility index (Phi) is 4.47. The minimum absolute atomic E-state index is 0.00729. The molecule has 0 amide bonds. The summed E-state index contributed by atoms with van der Waals surface area (Å²) >= 11 is 5.71. The van der Waals surface area contributed by atoms with Crippen LogP contribution in [0.2, 0.25) is 0 Å². The maximum absolute atomic E-state index is 5.71. The maximum Gasteiger partial charge on any atom is 0.174 e. The molecule has 0 radical (unpaired) electrons. The van der Waals surface area contributed by atoms with Crippen LogP contribution in [0.15, 0.2) is 67.0 Å². The smallest absolute Gasteiger partial charge is 0.174 e. The van der Waals surface area contributed by atoms with E-state index < -0.39 is 0 Å². The van der Waals surface area contributed by atoms with Crippen molar-refractivity contribution in [3.63, 3.8) is 0 Å². The van der Waals surface area contributed by atoms with Gasteiger partial charge < -0.3 is 15.2 Å². The monoisotopic (exact) mass is 362 g/mol. The summed E-state index contributed by atoms with van der Waals surface area (Å²) < 4.78 is 0. The number of anilines is 1. The van der Waals surface area contributed by atoms with E-state index in [9.17, 15) is 0 Å². The van der Waals surface area contributed by atoms with Crippen molar-refractivity contribution in [1.82, 2.24) is 15.3 Å². The van der Waals surface area contributed by atoms with Gasteiger partial charge in [0.1, 0.15) is 6.04 Å². The van der Waals surface area contributed by atoms with E-state index in [1.54, 1.807) is 0 Å². The first-order valence-corrected chi connectivity index (χ1v) is 9.30. The first-order valence-electron chi connectivity index (χ1n) is 8.89. The van der Waals surface area contributed by atoms with Gasteiger partial charge in [-0.25, -0.2) is 0 Å². The molecular formula is C21H22N4S. The highest BCUT2D eigenvalue weighted by atomic mass is 32.1. The second kappa shape index (κ2) is 6.92. The van der Waals surface area contributed by atoms with E-state index in [0.717, 1.165) is 22.2 Å². The van der Waals surface area contributed by atoms with Gasteiger partial charge >= 0.3 is 0 Å². The molecule has 4 nitrogen and oxygen atoms in total. The summed E-state index contributed by atoms with van der Waals surface area (Å²) in [6.45, 7) is 4.41. The molecule has 1 fully saturated rings. The number of aromatic nitrogens is 2. The van der Waals surface area contributed by atoms with Gasteiger partial charge in [0.25, 0.3) is 0 Å². The van der Waals surface area contributed by atoms with Gasteiger partial charge in [-0.15, -0.1) is 0 Å². The number of nitrogens with one attached hydrogen (secondary N) is 2. The summed E-state index contributed by atoms with van der Waals surface area (Å²) in [6.07, 6.45) is 3.78. The third-order valence-electron chi connectivity index (χ3n) is 4.88. The Hall–Kier alpha value is -2.66. The summed E-state index contributed by atoms with van der Waals surface area (Å²) in [5.41, 5.74) is 4.51. The average Bonchev–Trinajstić information content (AvgIpc) is 3.30. The van der Waals surface area contributed by atoms with Crippen molar-refractivity contribution in [1.29, 1.82) is 0 Å². The SMILES string of the molecule is CC(C)c1ccc(N2C(=S)N[C@@H](c3ccccn3)[C@H]2c2ccc[nH]2)cc1. The van der Waals surface area contributed by atoms with Crippen molar-refractivity contribution < 1.29 is 0 Å². The number of nitrogens with zero attached hydrogens (tertiary/aromatic N) is 2. The van der Waals surface area contributed by atoms with Crippen molar-refractivity contribution in [2.45, 2.75) is 31.8 Å². The molecule has 3 heterocycles. The summed E-state index contributed by atoms with van der Waals surface area (Å²) in [7, 11) is 0. The van der Waals surface area contributed by atoms with Gasteiger partial charge in [-0.05, 0) is 60.1 Å². The molecule has 0 bridgehead atoms. The van der Waals surface area contributed by atoms with Gasteiger partial charge in [0.2, 0.25) is 0 Å². The molecule has 1 aliphatic heterocycles. The molecule has 1 saturated heterocycles. The largest absolute Gasteiger partial charge is 0.363 e. The van der Waals surface area contributed by atoms with E-state index in [1.807, 2.05) is 36.7 Å². The number of thiocarbonyl (C=S) groups is 1. The highest BCUT2D eigenvalue weighted by molar-refractivity contribution is 7.80. The van der Waals surface area contributed by atoms with Crippen LogP contribution in [0.4, 0.5) is 5.69 Å². The van der Waals surface area contributed by atoms with Gasteiger partial charge in [0.05, 0.1) is 11.7 Å². The fraction of sp³-hybridized carbons (Fsp3) is 0.238. The van der Waals surface area contributed by atoms with Gasteiger partial charge in [-0.2, -0.15) is 0 Å². The van der Waals surface area contributed by atoms with Crippen LogP contribution in [0.5, 0.6) is 0 Å². The molecule has 2 N–H and O–H groups in total. The predicted octanol–water partition coefficient (Wildman–Crippen LogP) is 4.71. The number of pyridine rings is 1. The van der Waals surface area contributed by atoms with Crippen LogP contribution in [0.3, 0.4) is 0 Å². The number of hydrogen-bond acceptors (Lipinski definition) is 2. The molecule has 0 spiro atoms. The van der Waals surface area contributed by atoms with Gasteiger partial charge in [-0.1, -0.05) is 32.0 Å². The molecule has 132 valence electrons. The number of H-pyrrole nitrogens is 1. The molecular weight excluding hydrogens is 340 g/mol. The number of benzene rings is 1. The molecule has 0 saturated carbocycles. The Labute approximate surface area is 159 Å². The summed E-state index contributed by atoms with van der Waals surface area (Å²) in [5.74, 6) is 0.508. The Morgan fingerprint density at radius 1 is 1.04 bits per heavy atom. The molecule has 3 aromatic rings. The van der Waals surface area contributed by atoms with Crippen LogP contribution in [0.1, 0.15) is 48.8 Å². The first-order chi connectivity index (χ1) is 12.6. The molecule has 5 heteroatoms. The molecule has 0 unspecified atom stereocenters. The van der Waals surface area contributed by atoms with Crippen LogP contribution in [0.25, 0.3) is 0 Å². The molecule has 2 aromatic heterocycles. The average molecular weight is 363 g/mol. The van der Waals surface area contributed by atoms with Crippen molar-refractivity contribution >= 4 is 23.0 Å². The fourth-order valence-corrected chi connectivity index (χ4v) is 3.84. The zero-order valence-electron chi connectivity index (χ0n) is 14.9. The van der Waals surface area contributed by atoms with Crippen LogP contribution in [-0.4, -0.2) is 15.1 Å². The molecule has 1 aliphatic rings. The van der Waals surface area contributed by atoms with E-state index in [4.69, 9.17) is 12.2 Å². The first kappa shape index (κ1) is 16.8. The second-order valence-electron chi connectivity index (χ2n) is 6.87. The lowest BCUT2D eigenvalue weighted by Gasteiger charge is -2.27. The van der Waals surface area contributed by atoms with E-state index in [2.05, 4.69) is 64.4 Å². The van der Waals surface area contributed by atoms with Crippen molar-refractivity contribution in [3.8, 4) is 0 Å². The summed E-state index contributed by atoms with van der Waals surface area (Å²) in [6, 6.07) is 18.8. The standard InChI is InChI=1S/C21H22N4S/c1-14(2)15-8-10-16(11-9-15)25-20(18-7-5-13-23-18)19(24-21(25)26)17-6-3-4-12-22-17/h3-14,19-20,23H,1-2H3,(H,24,26)/t19-,20+/m0/s1. The molecule has 0 aliphatic carbocycles. The van der Waals surface area contributed by atoms with E-state index in [-0.39, 0.29) is 12.1 Å². The fourth-order valence-electron chi connectivity index (χ4n) is 3.50. The van der Waals surface area contributed by atoms with Crippen LogP contribution in [-0.2, 0) is 0 Å². The molecule has 26 heavy (non-hydrogen) atoms. The predicted molar refractivity (Wildman–Crippen MR) is 109 cm³/mol. The Morgan fingerprint density at radius 3 is 2.46 bits per heavy atom. The van der Waals surface area contributed by atoms with Gasteiger partial charge in [0, 0.05) is 23.8 Å². The topological polar surface area (TPSA) is 44.0 Å².